The lowest BCUT2D eigenvalue weighted by Crippen LogP contribution is -1.94. The number of nitrogens with zero attached hydrogens (tertiary/aromatic N) is 1. The van der Waals surface area contributed by atoms with E-state index in [-0.39, 0.29) is 5.82 Å². The van der Waals surface area contributed by atoms with E-state index in [4.69, 9.17) is 16.3 Å². The molecule has 0 amide bonds. The average Bonchev–Trinajstić information content (AvgIpc) is 2.33. The molecule has 1 aromatic carbocycles. The standard InChI is InChI=1S/C13H9ClFNO2/c1-8-6-10(15)3-4-11(8)18-12-5-2-9(7-16-12)13(14)17/h2-7H,1H3. The normalized spacial score (nSPS) is 10.2. The molecule has 0 unspecified atom stereocenters. The van der Waals surface area contributed by atoms with Crippen molar-refractivity contribution in [1.82, 2.24) is 4.98 Å². The number of benzene rings is 1. The zero-order valence-corrected chi connectivity index (χ0v) is 10.2. The van der Waals surface area contributed by atoms with Crippen LogP contribution in [0.3, 0.4) is 0 Å². The molecule has 92 valence electrons. The fourth-order valence-electron chi connectivity index (χ4n) is 1.40. The summed E-state index contributed by atoms with van der Waals surface area (Å²) in [6, 6.07) is 7.23. The summed E-state index contributed by atoms with van der Waals surface area (Å²) in [6.07, 6.45) is 1.32. The third-order valence-electron chi connectivity index (χ3n) is 2.31. The number of hydrogen-bond donors (Lipinski definition) is 0. The van der Waals surface area contributed by atoms with E-state index in [9.17, 15) is 9.18 Å². The predicted molar refractivity (Wildman–Crippen MR) is 65.6 cm³/mol. The van der Waals surface area contributed by atoms with E-state index in [1.165, 1.54) is 36.5 Å². The van der Waals surface area contributed by atoms with Crippen LogP contribution in [0.25, 0.3) is 0 Å². The van der Waals surface area contributed by atoms with Gasteiger partial charge < -0.3 is 4.74 Å². The molecule has 18 heavy (non-hydrogen) atoms. The second-order valence-electron chi connectivity index (χ2n) is 3.67. The highest BCUT2D eigenvalue weighted by Crippen LogP contribution is 2.24. The Morgan fingerprint density at radius 1 is 1.33 bits per heavy atom. The van der Waals surface area contributed by atoms with E-state index in [2.05, 4.69) is 4.98 Å². The van der Waals surface area contributed by atoms with Crippen molar-refractivity contribution in [2.75, 3.05) is 0 Å². The first-order chi connectivity index (χ1) is 8.56. The maximum atomic E-state index is 12.9. The van der Waals surface area contributed by atoms with Gasteiger partial charge in [-0.3, -0.25) is 4.79 Å². The molecule has 2 aromatic rings. The molecule has 0 bridgehead atoms. The number of aryl methyl sites for hydroxylation is 1. The highest BCUT2D eigenvalue weighted by atomic mass is 35.5. The van der Waals surface area contributed by atoms with E-state index in [0.717, 1.165) is 0 Å². The summed E-state index contributed by atoms with van der Waals surface area (Å²) >= 11 is 5.30. The van der Waals surface area contributed by atoms with Gasteiger partial charge in [0.15, 0.2) is 0 Å². The van der Waals surface area contributed by atoms with Crippen LogP contribution in [-0.2, 0) is 0 Å². The number of rotatable bonds is 3. The minimum absolute atomic E-state index is 0.292. The Kier molecular flexibility index (Phi) is 3.58. The SMILES string of the molecule is Cc1cc(F)ccc1Oc1ccc(C(=O)Cl)cn1. The van der Waals surface area contributed by atoms with E-state index >= 15 is 0 Å². The van der Waals surface area contributed by atoms with Crippen LogP contribution in [0.4, 0.5) is 4.39 Å². The highest BCUT2D eigenvalue weighted by Gasteiger charge is 2.06. The Morgan fingerprint density at radius 3 is 2.67 bits per heavy atom. The summed E-state index contributed by atoms with van der Waals surface area (Å²) in [6.45, 7) is 1.73. The summed E-state index contributed by atoms with van der Waals surface area (Å²) < 4.78 is 18.4. The van der Waals surface area contributed by atoms with Crippen LogP contribution in [0.5, 0.6) is 11.6 Å². The summed E-state index contributed by atoms with van der Waals surface area (Å²) in [4.78, 5) is 14.8. The number of carbonyl (C=O) groups is 1. The largest absolute Gasteiger partial charge is 0.439 e. The van der Waals surface area contributed by atoms with Crippen LogP contribution in [0.15, 0.2) is 36.5 Å². The van der Waals surface area contributed by atoms with Gasteiger partial charge in [0.1, 0.15) is 11.6 Å². The molecule has 0 aliphatic carbocycles. The lowest BCUT2D eigenvalue weighted by Gasteiger charge is -2.07. The monoisotopic (exact) mass is 265 g/mol. The number of halogens is 2. The quantitative estimate of drug-likeness (QED) is 0.795. The van der Waals surface area contributed by atoms with Gasteiger partial charge in [-0.1, -0.05) is 0 Å². The summed E-state index contributed by atoms with van der Waals surface area (Å²) in [7, 11) is 0. The van der Waals surface area contributed by atoms with Crippen LogP contribution >= 0.6 is 11.6 Å². The smallest absolute Gasteiger partial charge is 0.253 e. The van der Waals surface area contributed by atoms with E-state index in [0.29, 0.717) is 22.8 Å². The molecular weight excluding hydrogens is 257 g/mol. The average molecular weight is 266 g/mol. The Labute approximate surface area is 108 Å². The number of carbonyl (C=O) groups excluding carboxylic acids is 1. The topological polar surface area (TPSA) is 39.2 Å². The van der Waals surface area contributed by atoms with Gasteiger partial charge in [0.05, 0.1) is 5.56 Å². The van der Waals surface area contributed by atoms with E-state index in [1.54, 1.807) is 6.92 Å². The molecule has 0 spiro atoms. The molecule has 0 saturated heterocycles. The van der Waals surface area contributed by atoms with Gasteiger partial charge in [-0.25, -0.2) is 9.37 Å². The van der Waals surface area contributed by atoms with Crippen LogP contribution in [0, 0.1) is 12.7 Å². The number of pyridine rings is 1. The second kappa shape index (κ2) is 5.14. The molecule has 1 aromatic heterocycles. The van der Waals surface area contributed by atoms with Gasteiger partial charge in [-0.05, 0) is 48.4 Å². The van der Waals surface area contributed by atoms with Crippen molar-refractivity contribution < 1.29 is 13.9 Å². The van der Waals surface area contributed by atoms with Crippen molar-refractivity contribution in [2.24, 2.45) is 0 Å². The lowest BCUT2D eigenvalue weighted by atomic mass is 10.2. The molecule has 1 heterocycles. The molecule has 3 nitrogen and oxygen atoms in total. The van der Waals surface area contributed by atoms with Crippen molar-refractivity contribution in [3.8, 4) is 11.6 Å². The molecule has 0 atom stereocenters. The van der Waals surface area contributed by atoms with E-state index in [1.807, 2.05) is 0 Å². The number of aromatic nitrogens is 1. The zero-order chi connectivity index (χ0) is 13.1. The van der Waals surface area contributed by atoms with Crippen LogP contribution in [0.2, 0.25) is 0 Å². The highest BCUT2D eigenvalue weighted by molar-refractivity contribution is 6.67. The minimum atomic E-state index is -0.577. The molecular formula is C13H9ClFNO2. The Hall–Kier alpha value is -1.94. The fourth-order valence-corrected chi connectivity index (χ4v) is 1.51. The lowest BCUT2D eigenvalue weighted by molar-refractivity contribution is 0.108. The second-order valence-corrected chi connectivity index (χ2v) is 4.01. The van der Waals surface area contributed by atoms with Gasteiger partial charge in [0, 0.05) is 12.3 Å². The summed E-state index contributed by atoms with van der Waals surface area (Å²) in [5.74, 6) is 0.496. The zero-order valence-electron chi connectivity index (χ0n) is 9.48. The summed E-state index contributed by atoms with van der Waals surface area (Å²) in [5.41, 5.74) is 0.953. The van der Waals surface area contributed by atoms with E-state index < -0.39 is 5.24 Å². The van der Waals surface area contributed by atoms with Gasteiger partial charge in [0.25, 0.3) is 5.24 Å². The number of ether oxygens (including phenoxy) is 1. The maximum absolute atomic E-state index is 12.9. The maximum Gasteiger partial charge on any atom is 0.253 e. The van der Waals surface area contributed by atoms with Crippen molar-refractivity contribution in [1.29, 1.82) is 0 Å². The molecule has 2 rings (SSSR count). The first-order valence-electron chi connectivity index (χ1n) is 5.16. The number of hydrogen-bond acceptors (Lipinski definition) is 3. The van der Waals surface area contributed by atoms with Gasteiger partial charge in [-0.2, -0.15) is 0 Å². The minimum Gasteiger partial charge on any atom is -0.439 e. The third kappa shape index (κ3) is 2.84. The van der Waals surface area contributed by atoms with Crippen LogP contribution in [0.1, 0.15) is 15.9 Å². The Balaban J connectivity index is 2.21. The van der Waals surface area contributed by atoms with Gasteiger partial charge in [-0.15, -0.1) is 0 Å². The van der Waals surface area contributed by atoms with Crippen molar-refractivity contribution in [2.45, 2.75) is 6.92 Å². The van der Waals surface area contributed by atoms with Crippen LogP contribution in [-0.4, -0.2) is 10.2 Å². The van der Waals surface area contributed by atoms with Gasteiger partial charge in [0.2, 0.25) is 5.88 Å². The molecule has 5 heteroatoms. The molecule has 0 aliphatic heterocycles. The molecule has 0 saturated carbocycles. The predicted octanol–water partition coefficient (Wildman–Crippen LogP) is 3.70. The molecule has 0 radical (unpaired) electrons. The third-order valence-corrected chi connectivity index (χ3v) is 2.53. The van der Waals surface area contributed by atoms with Crippen LogP contribution < -0.4 is 4.74 Å². The first kappa shape index (κ1) is 12.5. The Morgan fingerprint density at radius 2 is 2.11 bits per heavy atom. The fraction of sp³-hybridized carbons (Fsp3) is 0.0769. The van der Waals surface area contributed by atoms with Crippen molar-refractivity contribution >= 4 is 16.8 Å². The first-order valence-corrected chi connectivity index (χ1v) is 5.54. The molecule has 0 aliphatic rings. The Bertz CT molecular complexity index is 584. The molecule has 0 fully saturated rings. The van der Waals surface area contributed by atoms with Gasteiger partial charge >= 0.3 is 0 Å². The van der Waals surface area contributed by atoms with Crippen molar-refractivity contribution in [3.63, 3.8) is 0 Å². The molecule has 0 N–H and O–H groups in total. The summed E-state index contributed by atoms with van der Waals surface area (Å²) in [5, 5.41) is -0.577. The van der Waals surface area contributed by atoms with Crippen molar-refractivity contribution in [3.05, 3.63) is 53.5 Å².